The van der Waals surface area contributed by atoms with Crippen molar-refractivity contribution in [3.63, 3.8) is 0 Å². The van der Waals surface area contributed by atoms with Crippen LogP contribution in [0.4, 0.5) is 0 Å². The number of aryl methyl sites for hydroxylation is 2. The van der Waals surface area contributed by atoms with Gasteiger partial charge >= 0.3 is 11.7 Å². The third-order valence-corrected chi connectivity index (χ3v) is 2.78. The van der Waals surface area contributed by atoms with E-state index < -0.39 is 11.7 Å². The number of carboxylic acids is 1. The van der Waals surface area contributed by atoms with Gasteiger partial charge in [-0.3, -0.25) is 9.36 Å². The van der Waals surface area contributed by atoms with Gasteiger partial charge in [-0.05, 0) is 13.0 Å². The van der Waals surface area contributed by atoms with Crippen LogP contribution in [0.2, 0.25) is 0 Å². The van der Waals surface area contributed by atoms with Crippen LogP contribution in [0.5, 0.6) is 11.5 Å². The molecule has 0 bridgehead atoms. The Morgan fingerprint density at radius 2 is 2.05 bits per heavy atom. The Morgan fingerprint density at radius 1 is 1.37 bits per heavy atom. The highest BCUT2D eigenvalue weighted by molar-refractivity contribution is 5.88. The molecule has 1 aromatic carbocycles. The smallest absolute Gasteiger partial charge is 0.348 e. The number of carbonyl (C=O) groups is 1. The van der Waals surface area contributed by atoms with Crippen molar-refractivity contribution in [2.45, 2.75) is 19.9 Å². The van der Waals surface area contributed by atoms with Crippen LogP contribution in [0.15, 0.2) is 16.9 Å². The minimum atomic E-state index is -1.06. The standard InChI is InChI=1S/C12H12N2O5/c1-6-8-4-7(15)5-9(16)11(8)14(12(19)13-6)3-2-10(17)18/h4-5,15-16H,2-3H2,1H3,(H,17,18). The molecule has 0 saturated heterocycles. The molecule has 0 atom stereocenters. The predicted molar refractivity (Wildman–Crippen MR) is 66.3 cm³/mol. The number of aliphatic carboxylic acids is 1. The molecule has 0 aliphatic carbocycles. The molecule has 0 fully saturated rings. The normalized spacial score (nSPS) is 10.8. The minimum Gasteiger partial charge on any atom is -0.508 e. The summed E-state index contributed by atoms with van der Waals surface area (Å²) < 4.78 is 1.09. The zero-order valence-electron chi connectivity index (χ0n) is 10.1. The Kier molecular flexibility index (Phi) is 3.12. The molecule has 0 spiro atoms. The summed E-state index contributed by atoms with van der Waals surface area (Å²) in [5, 5.41) is 28.4. The lowest BCUT2D eigenvalue weighted by atomic mass is 10.1. The van der Waals surface area contributed by atoms with Gasteiger partial charge in [0.05, 0.1) is 17.6 Å². The van der Waals surface area contributed by atoms with Crippen molar-refractivity contribution in [2.75, 3.05) is 0 Å². The van der Waals surface area contributed by atoms with Crippen molar-refractivity contribution in [3.05, 3.63) is 28.3 Å². The first-order chi connectivity index (χ1) is 8.90. The van der Waals surface area contributed by atoms with Gasteiger partial charge < -0.3 is 15.3 Å². The fourth-order valence-electron chi connectivity index (χ4n) is 1.94. The highest BCUT2D eigenvalue weighted by Gasteiger charge is 2.13. The number of hydrogen-bond donors (Lipinski definition) is 3. The number of aromatic hydroxyl groups is 2. The van der Waals surface area contributed by atoms with Crippen LogP contribution in [-0.2, 0) is 11.3 Å². The highest BCUT2D eigenvalue weighted by atomic mass is 16.4. The molecule has 7 nitrogen and oxygen atoms in total. The van der Waals surface area contributed by atoms with Crippen LogP contribution in [0.3, 0.4) is 0 Å². The van der Waals surface area contributed by atoms with Crippen LogP contribution in [0, 0.1) is 6.92 Å². The molecule has 0 aliphatic heterocycles. The predicted octanol–water partition coefficient (Wildman–Crippen LogP) is 0.591. The summed E-state index contributed by atoms with van der Waals surface area (Å²) >= 11 is 0. The molecule has 0 unspecified atom stereocenters. The molecule has 0 aliphatic rings. The number of carboxylic acid groups (broad SMARTS) is 1. The van der Waals surface area contributed by atoms with Crippen LogP contribution in [0.1, 0.15) is 12.1 Å². The first-order valence-electron chi connectivity index (χ1n) is 5.55. The first-order valence-corrected chi connectivity index (χ1v) is 5.55. The molecule has 2 aromatic rings. The molecule has 3 N–H and O–H groups in total. The quantitative estimate of drug-likeness (QED) is 0.747. The number of rotatable bonds is 3. The maximum Gasteiger partial charge on any atom is 0.348 e. The van der Waals surface area contributed by atoms with Crippen LogP contribution in [-0.4, -0.2) is 30.8 Å². The van der Waals surface area contributed by atoms with Crippen molar-refractivity contribution in [1.29, 1.82) is 0 Å². The average Bonchev–Trinajstić information content (AvgIpc) is 2.29. The Bertz CT molecular complexity index is 720. The number of phenols is 2. The van der Waals surface area contributed by atoms with E-state index in [-0.39, 0.29) is 30.0 Å². The zero-order valence-corrected chi connectivity index (χ0v) is 10.1. The second kappa shape index (κ2) is 4.60. The third-order valence-electron chi connectivity index (χ3n) is 2.78. The van der Waals surface area contributed by atoms with E-state index in [1.54, 1.807) is 6.92 Å². The van der Waals surface area contributed by atoms with Crippen LogP contribution in [0.25, 0.3) is 10.9 Å². The van der Waals surface area contributed by atoms with Crippen molar-refractivity contribution >= 4 is 16.9 Å². The lowest BCUT2D eigenvalue weighted by Crippen LogP contribution is -2.25. The van der Waals surface area contributed by atoms with Gasteiger partial charge in [-0.2, -0.15) is 4.98 Å². The minimum absolute atomic E-state index is 0.101. The van der Waals surface area contributed by atoms with E-state index in [1.807, 2.05) is 0 Å². The van der Waals surface area contributed by atoms with Crippen LogP contribution < -0.4 is 5.69 Å². The third kappa shape index (κ3) is 2.35. The molecule has 100 valence electrons. The highest BCUT2D eigenvalue weighted by Crippen LogP contribution is 2.29. The number of fused-ring (bicyclic) bond motifs is 1. The van der Waals surface area contributed by atoms with Crippen molar-refractivity contribution < 1.29 is 20.1 Å². The lowest BCUT2D eigenvalue weighted by Gasteiger charge is -2.11. The van der Waals surface area contributed by atoms with Crippen molar-refractivity contribution in [1.82, 2.24) is 9.55 Å². The van der Waals surface area contributed by atoms with Gasteiger partial charge in [0, 0.05) is 18.0 Å². The molecule has 7 heteroatoms. The second-order valence-corrected chi connectivity index (χ2v) is 4.14. The average molecular weight is 264 g/mol. The van der Waals surface area contributed by atoms with E-state index >= 15 is 0 Å². The molecule has 1 heterocycles. The van der Waals surface area contributed by atoms with E-state index in [2.05, 4.69) is 4.98 Å². The summed E-state index contributed by atoms with van der Waals surface area (Å²) in [4.78, 5) is 26.1. The molecule has 19 heavy (non-hydrogen) atoms. The van der Waals surface area contributed by atoms with Gasteiger partial charge in [-0.15, -0.1) is 0 Å². The summed E-state index contributed by atoms with van der Waals surface area (Å²) in [6.45, 7) is 1.47. The Balaban J connectivity index is 2.75. The molecule has 0 saturated carbocycles. The lowest BCUT2D eigenvalue weighted by molar-refractivity contribution is -0.137. The SMILES string of the molecule is Cc1nc(=O)n(CCC(=O)O)c2c(O)cc(O)cc12. The largest absolute Gasteiger partial charge is 0.508 e. The Morgan fingerprint density at radius 3 is 2.68 bits per heavy atom. The number of aromatic nitrogens is 2. The summed E-state index contributed by atoms with van der Waals surface area (Å²) in [6, 6.07) is 2.46. The van der Waals surface area contributed by atoms with Crippen molar-refractivity contribution in [3.8, 4) is 11.5 Å². The molecule has 1 aromatic heterocycles. The molecule has 0 amide bonds. The fraction of sp³-hybridized carbons (Fsp3) is 0.250. The Hall–Kier alpha value is -2.57. The van der Waals surface area contributed by atoms with Crippen molar-refractivity contribution in [2.24, 2.45) is 0 Å². The molecular weight excluding hydrogens is 252 g/mol. The molecule has 0 radical (unpaired) electrons. The van der Waals surface area contributed by atoms with E-state index in [9.17, 15) is 19.8 Å². The number of benzene rings is 1. The number of phenolic OH excluding ortho intramolecular Hbond substituents is 2. The van der Waals surface area contributed by atoms with E-state index in [4.69, 9.17) is 5.11 Å². The van der Waals surface area contributed by atoms with Gasteiger partial charge in [0.25, 0.3) is 0 Å². The van der Waals surface area contributed by atoms with Gasteiger partial charge in [0.2, 0.25) is 0 Å². The topological polar surface area (TPSA) is 113 Å². The summed E-state index contributed by atoms with van der Waals surface area (Å²) in [5.74, 6) is -1.50. The first kappa shape index (κ1) is 12.9. The van der Waals surface area contributed by atoms with E-state index in [0.717, 1.165) is 10.6 Å². The van der Waals surface area contributed by atoms with Gasteiger partial charge in [-0.25, -0.2) is 4.79 Å². The number of hydrogen-bond acceptors (Lipinski definition) is 5. The summed E-state index contributed by atoms with van der Waals surface area (Å²) in [6.07, 6.45) is -0.264. The van der Waals surface area contributed by atoms with E-state index in [0.29, 0.717) is 11.1 Å². The monoisotopic (exact) mass is 264 g/mol. The van der Waals surface area contributed by atoms with Gasteiger partial charge in [0.1, 0.15) is 11.5 Å². The summed E-state index contributed by atoms with van der Waals surface area (Å²) in [5.41, 5.74) is -0.0958. The molecule has 2 rings (SSSR count). The van der Waals surface area contributed by atoms with Gasteiger partial charge in [0.15, 0.2) is 0 Å². The van der Waals surface area contributed by atoms with Gasteiger partial charge in [-0.1, -0.05) is 0 Å². The zero-order chi connectivity index (χ0) is 14.2. The maximum atomic E-state index is 11.8. The fourth-order valence-corrected chi connectivity index (χ4v) is 1.94. The second-order valence-electron chi connectivity index (χ2n) is 4.14. The molecular formula is C12H12N2O5. The number of nitrogens with zero attached hydrogens (tertiary/aromatic N) is 2. The van der Waals surface area contributed by atoms with Crippen LogP contribution >= 0.6 is 0 Å². The summed E-state index contributed by atoms with van der Waals surface area (Å²) in [7, 11) is 0. The Labute approximate surface area is 107 Å². The maximum absolute atomic E-state index is 11.8. The van der Waals surface area contributed by atoms with E-state index in [1.165, 1.54) is 6.07 Å².